The smallest absolute Gasteiger partial charge is 0.00992 e. The van der Waals surface area contributed by atoms with Crippen LogP contribution >= 0.6 is 0 Å². The highest BCUT2D eigenvalue weighted by molar-refractivity contribution is 6.09. The van der Waals surface area contributed by atoms with E-state index in [4.69, 9.17) is 0 Å². The van der Waals surface area contributed by atoms with Crippen LogP contribution in [0.5, 0.6) is 0 Å². The second-order valence-corrected chi connectivity index (χ2v) is 11.0. The zero-order valence-corrected chi connectivity index (χ0v) is 24.5. The molecule has 0 N–H and O–H groups in total. The molecular weight excluding hydrogens is 528 g/mol. The van der Waals surface area contributed by atoms with Crippen molar-refractivity contribution in [2.24, 2.45) is 0 Å². The van der Waals surface area contributed by atoms with Crippen LogP contribution in [0.4, 0.5) is 0 Å². The van der Waals surface area contributed by atoms with Gasteiger partial charge < -0.3 is 0 Å². The summed E-state index contributed by atoms with van der Waals surface area (Å²) in [6.45, 7) is 0. The van der Waals surface area contributed by atoms with Gasteiger partial charge in [-0.25, -0.2) is 0 Å². The van der Waals surface area contributed by atoms with Gasteiger partial charge in [-0.05, 0) is 77.5 Å². The Morgan fingerprint density at radius 2 is 0.523 bits per heavy atom. The van der Waals surface area contributed by atoms with Gasteiger partial charge in [-0.2, -0.15) is 0 Å². The molecular formula is C44H32. The highest BCUT2D eigenvalue weighted by Crippen LogP contribution is 2.31. The van der Waals surface area contributed by atoms with Crippen LogP contribution in [0.2, 0.25) is 0 Å². The largest absolute Gasteiger partial charge is 0.0622 e. The number of benzene rings is 8. The minimum atomic E-state index is 1.22. The zero-order valence-electron chi connectivity index (χ0n) is 24.5. The maximum absolute atomic E-state index is 2.27. The molecule has 0 aliphatic rings. The fourth-order valence-electron chi connectivity index (χ4n) is 5.94. The molecule has 0 heterocycles. The first-order valence-corrected chi connectivity index (χ1v) is 15.1. The summed E-state index contributed by atoms with van der Waals surface area (Å²) in [5, 5.41) is 10.3. The Kier molecular flexibility index (Phi) is 7.80. The average Bonchev–Trinajstić information content (AvgIpc) is 3.09. The molecule has 0 aromatic heterocycles. The fraction of sp³-hybridized carbons (Fsp3) is 0. The Labute approximate surface area is 258 Å². The molecule has 0 saturated heterocycles. The third-order valence-corrected chi connectivity index (χ3v) is 8.11. The predicted molar refractivity (Wildman–Crippen MR) is 194 cm³/mol. The van der Waals surface area contributed by atoms with Gasteiger partial charge in [0.2, 0.25) is 0 Å². The fourth-order valence-corrected chi connectivity index (χ4v) is 5.94. The summed E-state index contributed by atoms with van der Waals surface area (Å²) < 4.78 is 0. The zero-order chi connectivity index (χ0) is 29.6. The van der Waals surface area contributed by atoms with Crippen molar-refractivity contribution in [1.29, 1.82) is 0 Å². The summed E-state index contributed by atoms with van der Waals surface area (Å²) in [5.74, 6) is 0. The molecule has 0 unspecified atom stereocenters. The quantitative estimate of drug-likeness (QED) is 0.148. The van der Waals surface area contributed by atoms with Crippen LogP contribution in [0.25, 0.3) is 67.4 Å². The van der Waals surface area contributed by atoms with E-state index < -0.39 is 0 Å². The second-order valence-electron chi connectivity index (χ2n) is 11.0. The maximum Gasteiger partial charge on any atom is -0.00992 e. The van der Waals surface area contributed by atoms with E-state index in [1.54, 1.807) is 0 Å². The molecule has 44 heavy (non-hydrogen) atoms. The molecule has 208 valence electrons. The molecule has 8 aromatic rings. The van der Waals surface area contributed by atoms with E-state index in [9.17, 15) is 0 Å². The first-order valence-electron chi connectivity index (χ1n) is 15.1. The van der Waals surface area contributed by atoms with Crippen LogP contribution in [0, 0.1) is 0 Å². The Balaban J connectivity index is 0.000000142. The van der Waals surface area contributed by atoms with E-state index in [1.807, 2.05) is 12.1 Å². The summed E-state index contributed by atoms with van der Waals surface area (Å²) >= 11 is 0. The van der Waals surface area contributed by atoms with Crippen molar-refractivity contribution in [3.63, 3.8) is 0 Å². The lowest BCUT2D eigenvalue weighted by Crippen LogP contribution is -1.83. The van der Waals surface area contributed by atoms with E-state index in [-0.39, 0.29) is 0 Å². The SMILES string of the molecule is C(=Cc1c2ccccc2cc2ccccc12)c1ccccc1.C(=Cc1c2ccccc2cc2ccccc12)c1ccccc1. The van der Waals surface area contributed by atoms with Crippen molar-refractivity contribution in [3.8, 4) is 0 Å². The van der Waals surface area contributed by atoms with Gasteiger partial charge in [-0.1, -0.05) is 182 Å². The molecule has 0 atom stereocenters. The van der Waals surface area contributed by atoms with Gasteiger partial charge >= 0.3 is 0 Å². The van der Waals surface area contributed by atoms with Gasteiger partial charge in [-0.3, -0.25) is 0 Å². The lowest BCUT2D eigenvalue weighted by Gasteiger charge is -2.08. The molecule has 0 bridgehead atoms. The molecule has 0 radical (unpaired) electrons. The number of hydrogen-bond donors (Lipinski definition) is 0. The first kappa shape index (κ1) is 27.1. The standard InChI is InChI=1S/2C22H16/c2*1-2-8-17(9-3-1)14-15-22-20-12-6-4-10-18(20)16-19-11-5-7-13-21(19)22/h2*1-16H. The van der Waals surface area contributed by atoms with Crippen molar-refractivity contribution in [1.82, 2.24) is 0 Å². The third-order valence-electron chi connectivity index (χ3n) is 8.11. The van der Waals surface area contributed by atoms with Crippen molar-refractivity contribution < 1.29 is 0 Å². The normalized spacial score (nSPS) is 11.5. The lowest BCUT2D eigenvalue weighted by molar-refractivity contribution is 1.66. The van der Waals surface area contributed by atoms with Gasteiger partial charge in [0.05, 0.1) is 0 Å². The Morgan fingerprint density at radius 3 is 0.841 bits per heavy atom. The summed E-state index contributed by atoms with van der Waals surface area (Å²) in [4.78, 5) is 0. The minimum Gasteiger partial charge on any atom is -0.0622 e. The van der Waals surface area contributed by atoms with Crippen molar-refractivity contribution in [2.75, 3.05) is 0 Å². The number of fused-ring (bicyclic) bond motifs is 4. The molecule has 0 amide bonds. The van der Waals surface area contributed by atoms with Crippen LogP contribution in [0.1, 0.15) is 22.3 Å². The minimum absolute atomic E-state index is 1.22. The van der Waals surface area contributed by atoms with Crippen molar-refractivity contribution in [2.45, 2.75) is 0 Å². The monoisotopic (exact) mass is 560 g/mol. The van der Waals surface area contributed by atoms with Gasteiger partial charge in [0, 0.05) is 0 Å². The van der Waals surface area contributed by atoms with Gasteiger partial charge in [0.1, 0.15) is 0 Å². The van der Waals surface area contributed by atoms with Crippen LogP contribution < -0.4 is 0 Å². The highest BCUT2D eigenvalue weighted by Gasteiger charge is 2.05. The summed E-state index contributed by atoms with van der Waals surface area (Å²) in [7, 11) is 0. The van der Waals surface area contributed by atoms with Crippen LogP contribution in [0.3, 0.4) is 0 Å². The Hall–Kier alpha value is -5.72. The summed E-state index contributed by atoms with van der Waals surface area (Å²) in [6.07, 6.45) is 8.85. The molecule has 8 rings (SSSR count). The predicted octanol–water partition coefficient (Wildman–Crippen LogP) is 12.3. The average molecular weight is 561 g/mol. The lowest BCUT2D eigenvalue weighted by atomic mass is 9.96. The first-order chi connectivity index (χ1) is 21.8. The van der Waals surface area contributed by atoms with E-state index in [2.05, 4.69) is 182 Å². The molecule has 0 spiro atoms. The van der Waals surface area contributed by atoms with E-state index in [1.165, 1.54) is 65.3 Å². The van der Waals surface area contributed by atoms with Gasteiger partial charge in [-0.15, -0.1) is 0 Å². The second kappa shape index (κ2) is 12.7. The molecule has 0 heteroatoms. The molecule has 0 saturated carbocycles. The summed E-state index contributed by atoms with van der Waals surface area (Å²) in [5.41, 5.74) is 5.02. The third kappa shape index (κ3) is 5.79. The van der Waals surface area contributed by atoms with Gasteiger partial charge in [0.15, 0.2) is 0 Å². The van der Waals surface area contributed by atoms with Crippen molar-refractivity contribution in [3.05, 3.63) is 192 Å². The van der Waals surface area contributed by atoms with Crippen molar-refractivity contribution >= 4 is 67.4 Å². The van der Waals surface area contributed by atoms with Crippen LogP contribution in [0.15, 0.2) is 170 Å². The van der Waals surface area contributed by atoms with E-state index in [0.717, 1.165) is 0 Å². The number of rotatable bonds is 4. The van der Waals surface area contributed by atoms with Crippen LogP contribution in [-0.2, 0) is 0 Å². The van der Waals surface area contributed by atoms with E-state index in [0.29, 0.717) is 0 Å². The summed E-state index contributed by atoms with van der Waals surface area (Å²) in [6, 6.07) is 59.8. The molecule has 0 nitrogen and oxygen atoms in total. The molecule has 0 aliphatic carbocycles. The Bertz CT molecular complexity index is 1980. The van der Waals surface area contributed by atoms with Crippen LogP contribution in [-0.4, -0.2) is 0 Å². The van der Waals surface area contributed by atoms with Gasteiger partial charge in [0.25, 0.3) is 0 Å². The molecule has 8 aromatic carbocycles. The Morgan fingerprint density at radius 1 is 0.250 bits per heavy atom. The molecule has 0 aliphatic heterocycles. The topological polar surface area (TPSA) is 0 Å². The molecule has 0 fully saturated rings. The van der Waals surface area contributed by atoms with E-state index >= 15 is 0 Å². The number of hydrogen-bond acceptors (Lipinski definition) is 0. The highest BCUT2D eigenvalue weighted by atomic mass is 14.1. The maximum atomic E-state index is 2.27.